The van der Waals surface area contributed by atoms with Crippen LogP contribution in [0, 0.1) is 0 Å². The maximum atomic E-state index is 13.6. The molecule has 1 fully saturated rings. The lowest BCUT2D eigenvalue weighted by atomic mass is 9.93. The van der Waals surface area contributed by atoms with Gasteiger partial charge in [-0.05, 0) is 50.4 Å². The minimum absolute atomic E-state index is 0.0127. The zero-order chi connectivity index (χ0) is 18.8. The van der Waals surface area contributed by atoms with Crippen molar-refractivity contribution in [3.05, 3.63) is 58.6 Å². The Morgan fingerprint density at radius 1 is 1.22 bits per heavy atom. The van der Waals surface area contributed by atoms with Crippen LogP contribution in [0.15, 0.2) is 52.9 Å². The van der Waals surface area contributed by atoms with Crippen LogP contribution in [0.5, 0.6) is 0 Å². The lowest BCUT2D eigenvalue weighted by Crippen LogP contribution is -2.39. The summed E-state index contributed by atoms with van der Waals surface area (Å²) in [6, 6.07) is 7.96. The molecule has 144 valence electrons. The van der Waals surface area contributed by atoms with Crippen LogP contribution in [0.25, 0.3) is 11.0 Å². The van der Waals surface area contributed by atoms with Gasteiger partial charge in [0.1, 0.15) is 0 Å². The van der Waals surface area contributed by atoms with E-state index < -0.39 is 6.10 Å². The van der Waals surface area contributed by atoms with Crippen LogP contribution < -0.4 is 11.0 Å². The lowest BCUT2D eigenvalue weighted by molar-refractivity contribution is 0.126. The molecule has 1 unspecified atom stereocenters. The van der Waals surface area contributed by atoms with E-state index in [1.54, 1.807) is 0 Å². The second-order valence-corrected chi connectivity index (χ2v) is 7.73. The molecule has 2 aromatic rings. The fraction of sp³-hybridized carbons (Fsp3) is 0.500. The van der Waals surface area contributed by atoms with Crippen molar-refractivity contribution in [1.29, 1.82) is 0 Å². The van der Waals surface area contributed by atoms with Gasteiger partial charge in [0.2, 0.25) is 0 Å². The van der Waals surface area contributed by atoms with Gasteiger partial charge in [0.05, 0.1) is 23.2 Å². The van der Waals surface area contributed by atoms with Gasteiger partial charge in [-0.1, -0.05) is 43.2 Å². The molecule has 0 saturated heterocycles. The number of fused-ring (bicyclic) bond motifs is 1. The number of imidazole rings is 1. The van der Waals surface area contributed by atoms with E-state index in [0.29, 0.717) is 6.54 Å². The van der Waals surface area contributed by atoms with Crippen LogP contribution in [-0.2, 0) is 0 Å². The summed E-state index contributed by atoms with van der Waals surface area (Å²) in [5, 5.41) is 14.0. The fourth-order valence-electron chi connectivity index (χ4n) is 4.75. The van der Waals surface area contributed by atoms with E-state index in [4.69, 9.17) is 0 Å². The molecule has 1 saturated carbocycles. The van der Waals surface area contributed by atoms with Gasteiger partial charge >= 0.3 is 5.69 Å². The highest BCUT2D eigenvalue weighted by Crippen LogP contribution is 2.34. The highest BCUT2D eigenvalue weighted by Gasteiger charge is 2.31. The first-order valence-electron chi connectivity index (χ1n) is 10.1. The van der Waals surface area contributed by atoms with Gasteiger partial charge in [-0.25, -0.2) is 4.79 Å². The first-order valence-corrected chi connectivity index (χ1v) is 10.1. The largest absolute Gasteiger partial charge is 0.389 e. The molecule has 2 aliphatic carbocycles. The molecule has 4 rings (SSSR count). The van der Waals surface area contributed by atoms with Crippen LogP contribution in [0.3, 0.4) is 0 Å². The summed E-state index contributed by atoms with van der Waals surface area (Å²) in [7, 11) is 1.83. The molecule has 0 bridgehead atoms. The number of benzene rings is 1. The first kappa shape index (κ1) is 18.3. The molecule has 0 aliphatic heterocycles. The second-order valence-electron chi connectivity index (χ2n) is 7.73. The van der Waals surface area contributed by atoms with Crippen molar-refractivity contribution < 1.29 is 5.11 Å². The number of para-hydroxylation sites is 2. The van der Waals surface area contributed by atoms with Crippen molar-refractivity contribution in [2.75, 3.05) is 13.6 Å². The van der Waals surface area contributed by atoms with Crippen molar-refractivity contribution in [1.82, 2.24) is 14.5 Å². The first-order chi connectivity index (χ1) is 13.2. The van der Waals surface area contributed by atoms with Crippen LogP contribution in [-0.4, -0.2) is 33.9 Å². The van der Waals surface area contributed by atoms with Crippen LogP contribution in [0.1, 0.15) is 50.6 Å². The molecular formula is C22H29N3O2. The zero-order valence-electron chi connectivity index (χ0n) is 16.0. The topological polar surface area (TPSA) is 59.2 Å². The number of aliphatic hydroxyl groups is 1. The number of rotatable bonds is 6. The number of aromatic nitrogens is 2. The van der Waals surface area contributed by atoms with E-state index >= 15 is 0 Å². The lowest BCUT2D eigenvalue weighted by Gasteiger charge is -2.28. The number of nitrogens with zero attached hydrogens (tertiary/aromatic N) is 2. The predicted molar refractivity (Wildman–Crippen MR) is 109 cm³/mol. The SMILES string of the molecule is CNCC(O)[C@H](C1=CC=CCC1)n1c(=O)n(C2CCCC2)c2ccccc21. The van der Waals surface area contributed by atoms with Crippen molar-refractivity contribution in [3.63, 3.8) is 0 Å². The summed E-state index contributed by atoms with van der Waals surface area (Å²) in [5.41, 5.74) is 3.04. The summed E-state index contributed by atoms with van der Waals surface area (Å²) in [4.78, 5) is 13.6. The smallest absolute Gasteiger partial charge is 0.330 e. The number of aliphatic hydroxyl groups excluding tert-OH is 1. The highest BCUT2D eigenvalue weighted by molar-refractivity contribution is 5.76. The Morgan fingerprint density at radius 2 is 1.96 bits per heavy atom. The van der Waals surface area contributed by atoms with Gasteiger partial charge < -0.3 is 10.4 Å². The van der Waals surface area contributed by atoms with Crippen molar-refractivity contribution in [3.8, 4) is 0 Å². The van der Waals surface area contributed by atoms with E-state index in [9.17, 15) is 9.90 Å². The Bertz CT molecular complexity index is 915. The third-order valence-corrected chi connectivity index (χ3v) is 5.98. The average molecular weight is 367 g/mol. The van der Waals surface area contributed by atoms with E-state index in [1.807, 2.05) is 46.5 Å². The molecule has 1 aromatic heterocycles. The Labute approximate surface area is 160 Å². The van der Waals surface area contributed by atoms with Gasteiger partial charge in [-0.3, -0.25) is 9.13 Å². The van der Waals surface area contributed by atoms with Gasteiger partial charge in [0.25, 0.3) is 0 Å². The summed E-state index contributed by atoms with van der Waals surface area (Å²) >= 11 is 0. The molecule has 1 aromatic carbocycles. The van der Waals surface area contributed by atoms with Crippen LogP contribution in [0.2, 0.25) is 0 Å². The quantitative estimate of drug-likeness (QED) is 0.823. The Hall–Kier alpha value is -2.11. The molecular weight excluding hydrogens is 338 g/mol. The maximum Gasteiger partial charge on any atom is 0.330 e. The third kappa shape index (κ3) is 3.30. The van der Waals surface area contributed by atoms with E-state index in [-0.39, 0.29) is 17.8 Å². The third-order valence-electron chi connectivity index (χ3n) is 5.98. The molecule has 1 heterocycles. The summed E-state index contributed by atoms with van der Waals surface area (Å²) < 4.78 is 3.83. The molecule has 2 atom stereocenters. The molecule has 2 aliphatic rings. The molecule has 27 heavy (non-hydrogen) atoms. The van der Waals surface area contributed by atoms with E-state index in [2.05, 4.69) is 17.5 Å². The molecule has 0 radical (unpaired) electrons. The normalized spacial score (nSPS) is 20.1. The molecule has 0 amide bonds. The number of allylic oxidation sites excluding steroid dienone is 3. The average Bonchev–Trinajstić information content (AvgIpc) is 3.30. The van der Waals surface area contributed by atoms with Gasteiger partial charge in [-0.15, -0.1) is 0 Å². The van der Waals surface area contributed by atoms with Gasteiger partial charge in [-0.2, -0.15) is 0 Å². The highest BCUT2D eigenvalue weighted by atomic mass is 16.3. The van der Waals surface area contributed by atoms with Gasteiger partial charge in [0, 0.05) is 12.6 Å². The number of nitrogens with one attached hydrogen (secondary N) is 1. The minimum Gasteiger partial charge on any atom is -0.389 e. The molecule has 5 heteroatoms. The van der Waals surface area contributed by atoms with E-state index in [1.165, 1.54) is 12.8 Å². The number of likely N-dealkylation sites (N-methyl/N-ethyl adjacent to an activating group) is 1. The van der Waals surface area contributed by atoms with Gasteiger partial charge in [0.15, 0.2) is 0 Å². The number of hydrogen-bond donors (Lipinski definition) is 2. The fourth-order valence-corrected chi connectivity index (χ4v) is 4.75. The minimum atomic E-state index is -0.659. The van der Waals surface area contributed by atoms with Crippen molar-refractivity contribution in [2.24, 2.45) is 0 Å². The second kappa shape index (κ2) is 7.87. The van der Waals surface area contributed by atoms with Crippen molar-refractivity contribution in [2.45, 2.75) is 56.7 Å². The van der Waals surface area contributed by atoms with Crippen molar-refractivity contribution >= 4 is 11.0 Å². The van der Waals surface area contributed by atoms with E-state index in [0.717, 1.165) is 42.3 Å². The monoisotopic (exact) mass is 367 g/mol. The summed E-state index contributed by atoms with van der Waals surface area (Å²) in [5.74, 6) is 0. The molecule has 5 nitrogen and oxygen atoms in total. The summed E-state index contributed by atoms with van der Waals surface area (Å²) in [6.07, 6.45) is 11.9. The van der Waals surface area contributed by atoms with Crippen LogP contribution in [0.4, 0.5) is 0 Å². The zero-order valence-corrected chi connectivity index (χ0v) is 16.0. The standard InChI is InChI=1S/C22H29N3O2/c1-23-15-20(26)21(16-9-3-2-4-10-16)25-19-14-8-7-13-18(19)24(22(25)27)17-11-5-6-12-17/h2-3,7-9,13-14,17,20-21,23,26H,4-6,10-12,15H2,1H3/t20?,21-/m0/s1. The predicted octanol–water partition coefficient (Wildman–Crippen LogP) is 3.32. The summed E-state index contributed by atoms with van der Waals surface area (Å²) in [6.45, 7) is 0.446. The Kier molecular flexibility index (Phi) is 5.32. The maximum absolute atomic E-state index is 13.6. The molecule has 2 N–H and O–H groups in total. The Morgan fingerprint density at radius 3 is 2.63 bits per heavy atom. The number of hydrogen-bond acceptors (Lipinski definition) is 3. The Balaban J connectivity index is 1.92. The van der Waals surface area contributed by atoms with Crippen LogP contribution >= 0.6 is 0 Å². The molecule has 0 spiro atoms.